The third kappa shape index (κ3) is 5.69. The van der Waals surface area contributed by atoms with Crippen LogP contribution in [-0.4, -0.2) is 61.2 Å². The van der Waals surface area contributed by atoms with Gasteiger partial charge >= 0.3 is 0 Å². The van der Waals surface area contributed by atoms with E-state index in [0.29, 0.717) is 23.8 Å². The van der Waals surface area contributed by atoms with Crippen LogP contribution in [0.3, 0.4) is 0 Å². The van der Waals surface area contributed by atoms with E-state index in [1.54, 1.807) is 11.3 Å². The number of rotatable bonds is 8. The minimum absolute atomic E-state index is 0.0105. The Morgan fingerprint density at radius 3 is 2.92 bits per heavy atom. The predicted molar refractivity (Wildman–Crippen MR) is 147 cm³/mol. The average molecular weight is 516 g/mol. The van der Waals surface area contributed by atoms with Crippen LogP contribution in [0.5, 0.6) is 5.75 Å². The minimum atomic E-state index is 0.0105. The topological polar surface area (TPSA) is 90.3 Å². The maximum Gasteiger partial charge on any atom is 0.236 e. The van der Waals surface area contributed by atoms with Gasteiger partial charge in [-0.3, -0.25) is 4.79 Å². The van der Waals surface area contributed by atoms with Crippen LogP contribution in [0.1, 0.15) is 42.9 Å². The first-order valence-electron chi connectivity index (χ1n) is 13.0. The highest BCUT2D eigenvalue weighted by Gasteiger charge is 2.26. The monoisotopic (exact) mass is 515 g/mol. The molecule has 0 bridgehead atoms. The number of aromatic nitrogens is 1. The number of benzene rings is 2. The van der Waals surface area contributed by atoms with Crippen LogP contribution in [0.15, 0.2) is 42.6 Å². The summed E-state index contributed by atoms with van der Waals surface area (Å²) in [6, 6.07) is 14.5. The zero-order chi connectivity index (χ0) is 25.8. The van der Waals surface area contributed by atoms with Crippen molar-refractivity contribution < 1.29 is 9.53 Å². The summed E-state index contributed by atoms with van der Waals surface area (Å²) in [5, 5.41) is 17.2. The number of hydrogen-bond acceptors (Lipinski definition) is 7. The quantitative estimate of drug-likeness (QED) is 0.468. The van der Waals surface area contributed by atoms with Gasteiger partial charge in [0, 0.05) is 44.5 Å². The van der Waals surface area contributed by atoms with Gasteiger partial charge < -0.3 is 20.3 Å². The average Bonchev–Trinajstić information content (AvgIpc) is 3.57. The van der Waals surface area contributed by atoms with Gasteiger partial charge in [-0.2, -0.15) is 5.26 Å². The lowest BCUT2D eigenvalue weighted by atomic mass is 9.98. The van der Waals surface area contributed by atoms with E-state index in [9.17, 15) is 10.1 Å². The highest BCUT2D eigenvalue weighted by atomic mass is 32.1. The van der Waals surface area contributed by atoms with Crippen LogP contribution >= 0.6 is 11.3 Å². The van der Waals surface area contributed by atoms with Crippen molar-refractivity contribution in [2.45, 2.75) is 38.7 Å². The van der Waals surface area contributed by atoms with Gasteiger partial charge in [-0.15, -0.1) is 11.3 Å². The lowest BCUT2D eigenvalue weighted by Crippen LogP contribution is -2.49. The first-order chi connectivity index (χ1) is 18.0. The standard InChI is InChI=1S/C29H33N5O2S/c1-19(2)36-26-9-7-20(14-22(26)15-30)29-33-17-27(37-29)25-5-3-4-23-21(6-8-24(23)25)16-32-18-28(35)34-12-10-31-11-13-34/h3-5,7,9,14,17,19,21,31-32H,6,8,10-13,16,18H2,1-2H3/t21-/m1/s1. The molecule has 0 spiro atoms. The van der Waals surface area contributed by atoms with E-state index in [4.69, 9.17) is 9.72 Å². The van der Waals surface area contributed by atoms with Crippen LogP contribution in [0, 0.1) is 11.3 Å². The van der Waals surface area contributed by atoms with Crippen LogP contribution < -0.4 is 15.4 Å². The minimum Gasteiger partial charge on any atom is -0.490 e. The van der Waals surface area contributed by atoms with Crippen LogP contribution in [0.2, 0.25) is 0 Å². The van der Waals surface area contributed by atoms with Crippen molar-refractivity contribution in [1.82, 2.24) is 20.5 Å². The molecule has 0 saturated carbocycles. The number of nitriles is 1. The number of ether oxygens (including phenoxy) is 1. The van der Waals surface area contributed by atoms with Gasteiger partial charge in [-0.25, -0.2) is 4.98 Å². The number of fused-ring (bicyclic) bond motifs is 1. The molecule has 37 heavy (non-hydrogen) atoms. The van der Waals surface area contributed by atoms with Crippen molar-refractivity contribution in [3.8, 4) is 32.8 Å². The molecule has 1 amide bonds. The van der Waals surface area contributed by atoms with Crippen molar-refractivity contribution >= 4 is 17.2 Å². The van der Waals surface area contributed by atoms with Crippen LogP contribution in [0.4, 0.5) is 0 Å². The van der Waals surface area contributed by atoms with E-state index >= 15 is 0 Å². The number of carbonyl (C=O) groups excluding carboxylic acids is 1. The molecular weight excluding hydrogens is 482 g/mol. The Balaban J connectivity index is 1.28. The lowest BCUT2D eigenvalue weighted by molar-refractivity contribution is -0.130. The van der Waals surface area contributed by atoms with Gasteiger partial charge in [-0.05, 0) is 67.5 Å². The summed E-state index contributed by atoms with van der Waals surface area (Å²) >= 11 is 1.65. The lowest BCUT2D eigenvalue weighted by Gasteiger charge is -2.27. The molecule has 0 radical (unpaired) electrons. The number of nitrogens with one attached hydrogen (secondary N) is 2. The van der Waals surface area contributed by atoms with Gasteiger partial charge in [-0.1, -0.05) is 18.2 Å². The maximum atomic E-state index is 12.5. The molecular formula is C29H33N5O2S. The Kier molecular flexibility index (Phi) is 7.85. The molecule has 3 aromatic rings. The number of piperazine rings is 1. The summed E-state index contributed by atoms with van der Waals surface area (Å²) in [6.07, 6.45) is 4.06. The third-order valence-corrected chi connectivity index (χ3v) is 8.09. The van der Waals surface area contributed by atoms with E-state index in [1.165, 1.54) is 16.7 Å². The molecule has 7 nitrogen and oxygen atoms in total. The van der Waals surface area contributed by atoms with Crippen molar-refractivity contribution in [3.05, 3.63) is 59.3 Å². The van der Waals surface area contributed by atoms with Crippen LogP contribution in [0.25, 0.3) is 21.0 Å². The Morgan fingerprint density at radius 1 is 1.30 bits per heavy atom. The SMILES string of the molecule is CC(C)Oc1ccc(-c2ncc(-c3cccc4c3CC[C@@H]4CNCC(=O)N3CCNCC3)s2)cc1C#N. The second kappa shape index (κ2) is 11.4. The Hall–Kier alpha value is -3.25. The van der Waals surface area contributed by atoms with Crippen molar-refractivity contribution in [1.29, 1.82) is 5.26 Å². The molecule has 8 heteroatoms. The molecule has 2 N–H and O–H groups in total. The molecule has 2 aliphatic rings. The first kappa shape index (κ1) is 25.4. The number of nitrogens with zero attached hydrogens (tertiary/aromatic N) is 3. The van der Waals surface area contributed by atoms with E-state index in [2.05, 4.69) is 34.9 Å². The molecule has 1 saturated heterocycles. The summed E-state index contributed by atoms with van der Waals surface area (Å²) in [4.78, 5) is 20.3. The number of amides is 1. The van der Waals surface area contributed by atoms with E-state index in [-0.39, 0.29) is 12.0 Å². The summed E-state index contributed by atoms with van der Waals surface area (Å²) in [6.45, 7) is 8.45. The highest BCUT2D eigenvalue weighted by Crippen LogP contribution is 2.41. The zero-order valence-corrected chi connectivity index (χ0v) is 22.2. The zero-order valence-electron chi connectivity index (χ0n) is 21.4. The largest absolute Gasteiger partial charge is 0.490 e. The van der Waals surface area contributed by atoms with E-state index < -0.39 is 0 Å². The molecule has 5 rings (SSSR count). The molecule has 2 heterocycles. The number of carbonyl (C=O) groups is 1. The van der Waals surface area contributed by atoms with Gasteiger partial charge in [0.05, 0.1) is 23.1 Å². The van der Waals surface area contributed by atoms with Crippen molar-refractivity contribution in [3.63, 3.8) is 0 Å². The fourth-order valence-corrected chi connectivity index (χ4v) is 6.17. The third-order valence-electron chi connectivity index (χ3n) is 7.01. The number of hydrogen-bond donors (Lipinski definition) is 2. The fraction of sp³-hybridized carbons (Fsp3) is 0.414. The summed E-state index contributed by atoms with van der Waals surface area (Å²) in [7, 11) is 0. The summed E-state index contributed by atoms with van der Waals surface area (Å²) in [5.74, 6) is 1.20. The fourth-order valence-electron chi connectivity index (χ4n) is 5.20. The Morgan fingerprint density at radius 2 is 2.14 bits per heavy atom. The second-order valence-electron chi connectivity index (χ2n) is 9.89. The molecule has 1 atom stereocenters. The van der Waals surface area contributed by atoms with Gasteiger partial charge in [0.2, 0.25) is 5.91 Å². The smallest absolute Gasteiger partial charge is 0.236 e. The first-order valence-corrected chi connectivity index (χ1v) is 13.8. The molecule has 2 aromatic carbocycles. The molecule has 192 valence electrons. The number of thiazole rings is 1. The molecule has 0 unspecified atom stereocenters. The van der Waals surface area contributed by atoms with Gasteiger partial charge in [0.15, 0.2) is 0 Å². The van der Waals surface area contributed by atoms with Gasteiger partial charge in [0.25, 0.3) is 0 Å². The molecule has 1 fully saturated rings. The second-order valence-corrected chi connectivity index (χ2v) is 10.9. The molecule has 1 aliphatic carbocycles. The summed E-state index contributed by atoms with van der Waals surface area (Å²) in [5.41, 5.74) is 5.44. The van der Waals surface area contributed by atoms with E-state index in [0.717, 1.165) is 61.0 Å². The molecule has 1 aliphatic heterocycles. The van der Waals surface area contributed by atoms with Crippen LogP contribution in [-0.2, 0) is 11.2 Å². The predicted octanol–water partition coefficient (Wildman–Crippen LogP) is 4.19. The normalized spacial score (nSPS) is 17.0. The maximum absolute atomic E-state index is 12.5. The highest BCUT2D eigenvalue weighted by molar-refractivity contribution is 7.18. The molecule has 1 aromatic heterocycles. The van der Waals surface area contributed by atoms with Gasteiger partial charge in [0.1, 0.15) is 16.8 Å². The Labute approximate surface area is 222 Å². The van der Waals surface area contributed by atoms with Crippen molar-refractivity contribution in [2.75, 3.05) is 39.3 Å². The van der Waals surface area contributed by atoms with Crippen molar-refractivity contribution in [2.24, 2.45) is 0 Å². The van der Waals surface area contributed by atoms with E-state index in [1.807, 2.05) is 43.1 Å². The summed E-state index contributed by atoms with van der Waals surface area (Å²) < 4.78 is 5.77. The Bertz CT molecular complexity index is 1310.